The zero-order valence-corrected chi connectivity index (χ0v) is 14.3. The molecule has 1 amide bonds. The third kappa shape index (κ3) is 2.52. The van der Waals surface area contributed by atoms with Crippen LogP contribution in [0.25, 0.3) is 11.1 Å². The van der Waals surface area contributed by atoms with E-state index in [-0.39, 0.29) is 5.91 Å². The molecule has 0 unspecified atom stereocenters. The third-order valence-electron chi connectivity index (χ3n) is 4.62. The highest BCUT2D eigenvalue weighted by Gasteiger charge is 2.38. The SMILES string of the molecule is CC1(C)OC(=C2C(=O)Nc3ccc(F)cc32)C=C1c1ccc(C=O)cc1. The van der Waals surface area contributed by atoms with Gasteiger partial charge in [-0.1, -0.05) is 24.3 Å². The summed E-state index contributed by atoms with van der Waals surface area (Å²) in [6.07, 6.45) is 2.60. The lowest BCUT2D eigenvalue weighted by atomic mass is 9.92. The van der Waals surface area contributed by atoms with E-state index in [1.807, 2.05) is 32.1 Å². The number of nitrogens with one attached hydrogen (secondary N) is 1. The minimum Gasteiger partial charge on any atom is -0.482 e. The van der Waals surface area contributed by atoms with Crippen molar-refractivity contribution in [1.82, 2.24) is 0 Å². The van der Waals surface area contributed by atoms with Crippen molar-refractivity contribution in [2.24, 2.45) is 0 Å². The maximum absolute atomic E-state index is 13.7. The van der Waals surface area contributed by atoms with Gasteiger partial charge in [-0.05, 0) is 43.7 Å². The molecular weight excluding hydrogens is 333 g/mol. The van der Waals surface area contributed by atoms with Gasteiger partial charge < -0.3 is 10.1 Å². The lowest BCUT2D eigenvalue weighted by Gasteiger charge is -2.23. The topological polar surface area (TPSA) is 55.4 Å². The third-order valence-corrected chi connectivity index (χ3v) is 4.62. The predicted octanol–water partition coefficient (Wildman–Crippen LogP) is 4.19. The first kappa shape index (κ1) is 16.3. The Balaban J connectivity index is 1.85. The van der Waals surface area contributed by atoms with Gasteiger partial charge in [-0.3, -0.25) is 9.59 Å². The van der Waals surface area contributed by atoms with Crippen LogP contribution in [-0.4, -0.2) is 17.8 Å². The van der Waals surface area contributed by atoms with E-state index in [0.29, 0.717) is 28.1 Å². The summed E-state index contributed by atoms with van der Waals surface area (Å²) in [5.74, 6) is -0.319. The Hall–Kier alpha value is -3.21. The fourth-order valence-electron chi connectivity index (χ4n) is 3.34. The molecular formula is C21H16FNO3. The monoisotopic (exact) mass is 349 g/mol. The molecule has 4 rings (SSSR count). The number of carbonyl (C=O) groups is 2. The molecule has 26 heavy (non-hydrogen) atoms. The molecule has 2 aliphatic heterocycles. The molecule has 2 heterocycles. The van der Waals surface area contributed by atoms with Crippen molar-refractivity contribution >= 4 is 29.0 Å². The van der Waals surface area contributed by atoms with Gasteiger partial charge in [0.2, 0.25) is 0 Å². The van der Waals surface area contributed by atoms with Crippen LogP contribution in [-0.2, 0) is 9.53 Å². The minimum atomic E-state index is -0.665. The van der Waals surface area contributed by atoms with Crippen LogP contribution < -0.4 is 5.32 Å². The lowest BCUT2D eigenvalue weighted by Crippen LogP contribution is -2.21. The molecule has 5 heteroatoms. The molecule has 0 radical (unpaired) electrons. The second kappa shape index (κ2) is 5.66. The van der Waals surface area contributed by atoms with E-state index in [0.717, 1.165) is 17.4 Å². The summed E-state index contributed by atoms with van der Waals surface area (Å²) in [5, 5.41) is 2.74. The van der Waals surface area contributed by atoms with Crippen LogP contribution in [0.4, 0.5) is 10.1 Å². The number of carbonyl (C=O) groups excluding carboxylic acids is 2. The zero-order valence-electron chi connectivity index (χ0n) is 14.3. The second-order valence-corrected chi connectivity index (χ2v) is 6.79. The Morgan fingerprint density at radius 3 is 2.54 bits per heavy atom. The standard InChI is InChI=1S/C21H16FNO3/c1-21(2)16(13-5-3-12(11-24)4-6-13)10-18(26-21)19-15-9-14(22)7-8-17(15)23-20(19)25/h3-11H,1-2H3,(H,23,25). The molecule has 0 saturated carbocycles. The number of ether oxygens (including phenoxy) is 1. The highest BCUT2D eigenvalue weighted by molar-refractivity contribution is 6.32. The molecule has 4 nitrogen and oxygen atoms in total. The molecule has 0 atom stereocenters. The van der Waals surface area contributed by atoms with Crippen molar-refractivity contribution in [3.05, 3.63) is 76.8 Å². The van der Waals surface area contributed by atoms with Gasteiger partial charge in [0.15, 0.2) is 0 Å². The molecule has 0 aliphatic carbocycles. The average molecular weight is 349 g/mol. The maximum Gasteiger partial charge on any atom is 0.260 e. The number of rotatable bonds is 2. The van der Waals surface area contributed by atoms with E-state index in [4.69, 9.17) is 4.74 Å². The van der Waals surface area contributed by atoms with E-state index in [1.54, 1.807) is 18.2 Å². The molecule has 130 valence electrons. The number of hydrogen-bond donors (Lipinski definition) is 1. The van der Waals surface area contributed by atoms with Gasteiger partial charge in [-0.2, -0.15) is 0 Å². The summed E-state index contributed by atoms with van der Waals surface area (Å²) in [7, 11) is 0. The molecule has 2 aromatic carbocycles. The zero-order chi connectivity index (χ0) is 18.5. The largest absolute Gasteiger partial charge is 0.482 e. The van der Waals surface area contributed by atoms with Crippen molar-refractivity contribution in [1.29, 1.82) is 0 Å². The summed E-state index contributed by atoms with van der Waals surface area (Å²) >= 11 is 0. The van der Waals surface area contributed by atoms with Gasteiger partial charge in [0.25, 0.3) is 5.91 Å². The van der Waals surface area contributed by atoms with E-state index in [2.05, 4.69) is 5.32 Å². The average Bonchev–Trinajstić information content (AvgIpc) is 3.09. The first-order chi connectivity index (χ1) is 12.4. The number of benzene rings is 2. The van der Waals surface area contributed by atoms with Crippen LogP contribution in [0.1, 0.15) is 35.3 Å². The summed E-state index contributed by atoms with van der Waals surface area (Å²) in [5.41, 5.74) is 3.09. The van der Waals surface area contributed by atoms with Crippen LogP contribution in [0.3, 0.4) is 0 Å². The first-order valence-corrected chi connectivity index (χ1v) is 8.21. The van der Waals surface area contributed by atoms with Crippen LogP contribution in [0, 0.1) is 5.82 Å². The van der Waals surface area contributed by atoms with Crippen molar-refractivity contribution in [2.45, 2.75) is 19.4 Å². The lowest BCUT2D eigenvalue weighted by molar-refractivity contribution is -0.111. The van der Waals surface area contributed by atoms with Crippen LogP contribution in [0.5, 0.6) is 0 Å². The van der Waals surface area contributed by atoms with Gasteiger partial charge in [0, 0.05) is 22.4 Å². The van der Waals surface area contributed by atoms with Gasteiger partial charge in [0.05, 0.1) is 5.57 Å². The quantitative estimate of drug-likeness (QED) is 0.653. The summed E-state index contributed by atoms with van der Waals surface area (Å²) in [6, 6.07) is 11.3. The number of allylic oxidation sites excluding steroid dienone is 1. The number of hydrogen-bond acceptors (Lipinski definition) is 3. The van der Waals surface area contributed by atoms with Crippen LogP contribution in [0.15, 0.2) is 54.3 Å². The van der Waals surface area contributed by atoms with Crippen LogP contribution >= 0.6 is 0 Å². The normalized spacial score (nSPS) is 20.3. The van der Waals surface area contributed by atoms with E-state index in [9.17, 15) is 14.0 Å². The van der Waals surface area contributed by atoms with Gasteiger partial charge in [0.1, 0.15) is 23.5 Å². The molecule has 1 N–H and O–H groups in total. The Morgan fingerprint density at radius 2 is 1.85 bits per heavy atom. The molecule has 0 fully saturated rings. The first-order valence-electron chi connectivity index (χ1n) is 8.21. The number of fused-ring (bicyclic) bond motifs is 1. The molecule has 2 aliphatic rings. The summed E-state index contributed by atoms with van der Waals surface area (Å²) in [4.78, 5) is 23.3. The molecule has 0 spiro atoms. The van der Waals surface area contributed by atoms with Crippen molar-refractivity contribution in [3.63, 3.8) is 0 Å². The number of aldehydes is 1. The van der Waals surface area contributed by atoms with Crippen molar-refractivity contribution in [3.8, 4) is 0 Å². The fourth-order valence-corrected chi connectivity index (χ4v) is 3.34. The Bertz CT molecular complexity index is 1000. The van der Waals surface area contributed by atoms with E-state index < -0.39 is 11.4 Å². The smallest absolute Gasteiger partial charge is 0.260 e. The highest BCUT2D eigenvalue weighted by atomic mass is 19.1. The Morgan fingerprint density at radius 1 is 1.12 bits per heavy atom. The number of amides is 1. The molecule has 0 saturated heterocycles. The Labute approximate surface area is 150 Å². The minimum absolute atomic E-state index is 0.315. The maximum atomic E-state index is 13.7. The van der Waals surface area contributed by atoms with E-state index >= 15 is 0 Å². The Kier molecular flexibility index (Phi) is 3.54. The summed E-state index contributed by atoms with van der Waals surface area (Å²) < 4.78 is 19.7. The second-order valence-electron chi connectivity index (χ2n) is 6.79. The molecule has 0 bridgehead atoms. The number of anilines is 1. The van der Waals surface area contributed by atoms with Crippen LogP contribution in [0.2, 0.25) is 0 Å². The predicted molar refractivity (Wildman–Crippen MR) is 96.9 cm³/mol. The molecule has 2 aromatic rings. The highest BCUT2D eigenvalue weighted by Crippen LogP contribution is 2.44. The van der Waals surface area contributed by atoms with Gasteiger partial charge >= 0.3 is 0 Å². The van der Waals surface area contributed by atoms with E-state index in [1.165, 1.54) is 12.1 Å². The van der Waals surface area contributed by atoms with Crippen molar-refractivity contribution < 1.29 is 18.7 Å². The number of halogens is 1. The van der Waals surface area contributed by atoms with Gasteiger partial charge in [-0.15, -0.1) is 0 Å². The van der Waals surface area contributed by atoms with Gasteiger partial charge in [-0.25, -0.2) is 4.39 Å². The van der Waals surface area contributed by atoms with Crippen molar-refractivity contribution in [2.75, 3.05) is 5.32 Å². The summed E-state index contributed by atoms with van der Waals surface area (Å²) in [6.45, 7) is 3.80. The fraction of sp³-hybridized carbons (Fsp3) is 0.143. The molecule has 0 aromatic heterocycles.